The van der Waals surface area contributed by atoms with Gasteiger partial charge in [0, 0.05) is 29.1 Å². The van der Waals surface area contributed by atoms with Crippen LogP contribution in [-0.2, 0) is 17.8 Å². The van der Waals surface area contributed by atoms with E-state index in [-0.39, 0.29) is 18.3 Å². The highest BCUT2D eigenvalue weighted by atomic mass is 16.5. The molecular weight excluding hydrogens is 398 g/mol. The van der Waals surface area contributed by atoms with Gasteiger partial charge in [-0.25, -0.2) is 4.79 Å². The first-order chi connectivity index (χ1) is 15.1. The second kappa shape index (κ2) is 7.60. The molecule has 4 aromatic rings. The van der Waals surface area contributed by atoms with Crippen molar-refractivity contribution in [3.8, 4) is 17.1 Å². The van der Waals surface area contributed by atoms with E-state index in [9.17, 15) is 9.59 Å². The van der Waals surface area contributed by atoms with Crippen LogP contribution in [-0.4, -0.2) is 45.1 Å². The Hall–Kier alpha value is -4.14. The van der Waals surface area contributed by atoms with Crippen molar-refractivity contribution < 1.29 is 18.8 Å². The number of fused-ring (bicyclic) bond motifs is 1. The zero-order valence-corrected chi connectivity index (χ0v) is 16.7. The number of nitrogens with one attached hydrogen (secondary N) is 2. The maximum Gasteiger partial charge on any atom is 0.325 e. The molecule has 1 atom stereocenters. The fourth-order valence-electron chi connectivity index (χ4n) is 3.72. The number of amides is 3. The van der Waals surface area contributed by atoms with E-state index in [0.29, 0.717) is 23.6 Å². The summed E-state index contributed by atoms with van der Waals surface area (Å²) >= 11 is 0. The van der Waals surface area contributed by atoms with Gasteiger partial charge in [0.05, 0.1) is 7.11 Å². The fraction of sp³-hybridized carbons (Fsp3) is 0.182. The molecule has 1 saturated heterocycles. The van der Waals surface area contributed by atoms with Crippen molar-refractivity contribution in [1.82, 2.24) is 25.3 Å². The number of hydrogen-bond donors (Lipinski definition) is 2. The number of carbonyl (C=O) groups excluding carboxylic acids is 2. The second-order valence-electron chi connectivity index (χ2n) is 7.23. The summed E-state index contributed by atoms with van der Waals surface area (Å²) in [4.78, 5) is 33.9. The minimum absolute atomic E-state index is 0.0913. The van der Waals surface area contributed by atoms with Gasteiger partial charge in [0.15, 0.2) is 0 Å². The SMILES string of the molecule is COc1cccc(-c2noc(CN3C(=O)NC(Cc4c[nH]c5ccccc45)C3=O)n2)c1. The molecule has 3 heterocycles. The smallest absolute Gasteiger partial charge is 0.325 e. The van der Waals surface area contributed by atoms with Gasteiger partial charge in [0.1, 0.15) is 18.3 Å². The highest BCUT2D eigenvalue weighted by Gasteiger charge is 2.39. The Morgan fingerprint density at radius 1 is 1.16 bits per heavy atom. The number of ether oxygens (including phenoxy) is 1. The number of hydrogen-bond acceptors (Lipinski definition) is 6. The predicted molar refractivity (Wildman–Crippen MR) is 111 cm³/mol. The van der Waals surface area contributed by atoms with Crippen LogP contribution in [0.15, 0.2) is 59.3 Å². The molecule has 156 valence electrons. The Labute approximate surface area is 177 Å². The van der Waals surface area contributed by atoms with E-state index in [1.807, 2.05) is 48.7 Å². The van der Waals surface area contributed by atoms with Crippen molar-refractivity contribution in [2.24, 2.45) is 0 Å². The summed E-state index contributed by atoms with van der Waals surface area (Å²) < 4.78 is 10.5. The highest BCUT2D eigenvalue weighted by molar-refractivity contribution is 6.04. The summed E-state index contributed by atoms with van der Waals surface area (Å²) in [6, 6.07) is 13.9. The Bertz CT molecular complexity index is 1280. The quantitative estimate of drug-likeness (QED) is 0.467. The summed E-state index contributed by atoms with van der Waals surface area (Å²) in [5.41, 5.74) is 2.67. The Morgan fingerprint density at radius 3 is 2.90 bits per heavy atom. The van der Waals surface area contributed by atoms with Crippen LogP contribution in [0.3, 0.4) is 0 Å². The lowest BCUT2D eigenvalue weighted by atomic mass is 10.1. The molecule has 0 radical (unpaired) electrons. The second-order valence-corrected chi connectivity index (χ2v) is 7.23. The van der Waals surface area contributed by atoms with Gasteiger partial charge in [-0.05, 0) is 23.8 Å². The lowest BCUT2D eigenvalue weighted by Crippen LogP contribution is -2.32. The molecule has 1 fully saturated rings. The Kier molecular flexibility index (Phi) is 4.62. The average Bonchev–Trinajstić information content (AvgIpc) is 3.49. The third kappa shape index (κ3) is 3.50. The largest absolute Gasteiger partial charge is 0.497 e. The van der Waals surface area contributed by atoms with Crippen LogP contribution in [0.25, 0.3) is 22.3 Å². The maximum absolute atomic E-state index is 12.9. The van der Waals surface area contributed by atoms with Crippen molar-refractivity contribution >= 4 is 22.8 Å². The van der Waals surface area contributed by atoms with Gasteiger partial charge in [-0.1, -0.05) is 35.5 Å². The van der Waals surface area contributed by atoms with Crippen molar-refractivity contribution in [3.05, 3.63) is 66.2 Å². The van der Waals surface area contributed by atoms with Gasteiger partial charge < -0.3 is 19.6 Å². The minimum Gasteiger partial charge on any atom is -0.497 e. The first kappa shape index (κ1) is 18.9. The van der Waals surface area contributed by atoms with Gasteiger partial charge in [0.25, 0.3) is 5.91 Å². The molecule has 0 bridgehead atoms. The number of para-hydroxylation sites is 1. The van der Waals surface area contributed by atoms with Crippen molar-refractivity contribution in [2.45, 2.75) is 19.0 Å². The monoisotopic (exact) mass is 417 g/mol. The van der Waals surface area contributed by atoms with Gasteiger partial charge in [-0.2, -0.15) is 4.98 Å². The van der Waals surface area contributed by atoms with E-state index in [1.165, 1.54) is 0 Å². The zero-order valence-electron chi connectivity index (χ0n) is 16.7. The third-order valence-electron chi connectivity index (χ3n) is 5.30. The first-order valence-electron chi connectivity index (χ1n) is 9.76. The molecule has 3 amide bonds. The summed E-state index contributed by atoms with van der Waals surface area (Å²) in [6.45, 7) is -0.0913. The summed E-state index contributed by atoms with van der Waals surface area (Å²) in [5, 5.41) is 7.73. The van der Waals surface area contributed by atoms with E-state index in [4.69, 9.17) is 9.26 Å². The van der Waals surface area contributed by atoms with Crippen LogP contribution >= 0.6 is 0 Å². The molecule has 2 N–H and O–H groups in total. The molecule has 31 heavy (non-hydrogen) atoms. The van der Waals surface area contributed by atoms with Crippen LogP contribution in [0, 0.1) is 0 Å². The summed E-state index contributed by atoms with van der Waals surface area (Å²) in [6.07, 6.45) is 2.26. The maximum atomic E-state index is 12.9. The van der Waals surface area contributed by atoms with Crippen LogP contribution < -0.4 is 10.1 Å². The van der Waals surface area contributed by atoms with Crippen molar-refractivity contribution in [1.29, 1.82) is 0 Å². The van der Waals surface area contributed by atoms with E-state index < -0.39 is 12.1 Å². The molecular formula is C22H19N5O4. The van der Waals surface area contributed by atoms with Crippen LogP contribution in [0.2, 0.25) is 0 Å². The number of imide groups is 1. The predicted octanol–water partition coefficient (Wildman–Crippen LogP) is 2.89. The molecule has 2 aromatic heterocycles. The number of urea groups is 1. The fourth-order valence-corrected chi connectivity index (χ4v) is 3.72. The van der Waals surface area contributed by atoms with Crippen LogP contribution in [0.5, 0.6) is 5.75 Å². The number of carbonyl (C=O) groups is 2. The Morgan fingerprint density at radius 2 is 2.03 bits per heavy atom. The molecule has 1 aliphatic rings. The lowest BCUT2D eigenvalue weighted by molar-refractivity contribution is -0.128. The normalized spacial score (nSPS) is 16.2. The third-order valence-corrected chi connectivity index (χ3v) is 5.30. The number of methoxy groups -OCH3 is 1. The molecule has 1 aliphatic heterocycles. The molecule has 0 saturated carbocycles. The number of benzene rings is 2. The number of H-pyrrole nitrogens is 1. The topological polar surface area (TPSA) is 113 Å². The van der Waals surface area contributed by atoms with Gasteiger partial charge in [-0.3, -0.25) is 9.69 Å². The number of rotatable bonds is 6. The molecule has 0 spiro atoms. The van der Waals surface area contributed by atoms with E-state index in [1.54, 1.807) is 13.2 Å². The first-order valence-corrected chi connectivity index (χ1v) is 9.76. The molecule has 2 aromatic carbocycles. The Balaban J connectivity index is 1.31. The van der Waals surface area contributed by atoms with E-state index in [2.05, 4.69) is 20.4 Å². The molecule has 5 rings (SSSR count). The molecule has 0 aliphatic carbocycles. The van der Waals surface area contributed by atoms with Gasteiger partial charge in [0.2, 0.25) is 11.7 Å². The zero-order chi connectivity index (χ0) is 21.4. The van der Waals surface area contributed by atoms with Crippen LogP contribution in [0.1, 0.15) is 11.5 Å². The standard InChI is InChI=1S/C22H19N5O4/c1-30-15-6-4-5-13(9-15)20-25-19(31-26-20)12-27-21(28)18(24-22(27)29)10-14-11-23-17-8-3-2-7-16(14)17/h2-9,11,18,23H,10,12H2,1H3,(H,24,29). The number of aromatic amines is 1. The van der Waals surface area contributed by atoms with E-state index >= 15 is 0 Å². The highest BCUT2D eigenvalue weighted by Crippen LogP contribution is 2.24. The number of aromatic nitrogens is 3. The summed E-state index contributed by atoms with van der Waals surface area (Å²) in [5.74, 6) is 0.875. The van der Waals surface area contributed by atoms with Gasteiger partial charge >= 0.3 is 6.03 Å². The average molecular weight is 417 g/mol. The minimum atomic E-state index is -0.646. The van der Waals surface area contributed by atoms with Crippen molar-refractivity contribution in [3.63, 3.8) is 0 Å². The molecule has 9 nitrogen and oxygen atoms in total. The summed E-state index contributed by atoms with van der Waals surface area (Å²) in [7, 11) is 1.57. The van der Waals surface area contributed by atoms with Gasteiger partial charge in [-0.15, -0.1) is 0 Å². The van der Waals surface area contributed by atoms with Crippen LogP contribution in [0.4, 0.5) is 4.79 Å². The van der Waals surface area contributed by atoms with Crippen molar-refractivity contribution in [2.75, 3.05) is 7.11 Å². The molecule has 9 heteroatoms. The molecule has 1 unspecified atom stereocenters. The lowest BCUT2D eigenvalue weighted by Gasteiger charge is -2.10. The van der Waals surface area contributed by atoms with E-state index in [0.717, 1.165) is 21.4 Å². The number of nitrogens with zero attached hydrogens (tertiary/aromatic N) is 3.